The maximum atomic E-state index is 12.2. The topological polar surface area (TPSA) is 58.4 Å². The Balaban J connectivity index is 1.81. The van der Waals surface area contributed by atoms with Crippen LogP contribution in [0.1, 0.15) is 49.8 Å². The fraction of sp³-hybridized carbons (Fsp3) is 0.611. The minimum Gasteiger partial charge on any atom is -0.354 e. The first-order valence-electron chi connectivity index (χ1n) is 8.29. The standard InChI is InChI=1S/C18H29N3O/c1-13(2)14-4-6-15(7-5-14)17(19)12-20-18(22)16-8-10-21(3)11-9-16/h4-7,13,16-17H,8-12,19H2,1-3H3,(H,20,22). The van der Waals surface area contributed by atoms with E-state index in [2.05, 4.69) is 55.4 Å². The van der Waals surface area contributed by atoms with E-state index in [9.17, 15) is 4.79 Å². The highest BCUT2D eigenvalue weighted by Gasteiger charge is 2.23. The molecule has 0 saturated carbocycles. The molecule has 1 amide bonds. The zero-order valence-electron chi connectivity index (χ0n) is 14.0. The Morgan fingerprint density at radius 2 is 1.77 bits per heavy atom. The maximum Gasteiger partial charge on any atom is 0.223 e. The molecule has 0 spiro atoms. The molecule has 1 atom stereocenters. The second kappa shape index (κ2) is 7.75. The average molecular weight is 303 g/mol. The van der Waals surface area contributed by atoms with Crippen LogP contribution in [-0.2, 0) is 4.79 Å². The van der Waals surface area contributed by atoms with E-state index in [1.807, 2.05) is 0 Å². The molecule has 1 unspecified atom stereocenters. The van der Waals surface area contributed by atoms with Gasteiger partial charge in [-0.25, -0.2) is 0 Å². The van der Waals surface area contributed by atoms with Crippen molar-refractivity contribution in [2.75, 3.05) is 26.7 Å². The van der Waals surface area contributed by atoms with Gasteiger partial charge in [-0.05, 0) is 50.0 Å². The lowest BCUT2D eigenvalue weighted by Crippen LogP contribution is -2.41. The molecule has 1 aliphatic rings. The van der Waals surface area contributed by atoms with Crippen LogP contribution < -0.4 is 11.1 Å². The van der Waals surface area contributed by atoms with Gasteiger partial charge < -0.3 is 16.0 Å². The number of amides is 1. The lowest BCUT2D eigenvalue weighted by atomic mass is 9.96. The van der Waals surface area contributed by atoms with Crippen LogP contribution in [0.2, 0.25) is 0 Å². The minimum atomic E-state index is -0.142. The average Bonchev–Trinajstić information content (AvgIpc) is 2.53. The van der Waals surface area contributed by atoms with Crippen molar-refractivity contribution in [1.29, 1.82) is 0 Å². The first-order chi connectivity index (χ1) is 10.5. The number of nitrogens with zero attached hydrogens (tertiary/aromatic N) is 1. The predicted octanol–water partition coefficient (Wildman–Crippen LogP) is 2.27. The number of likely N-dealkylation sites (tertiary alicyclic amines) is 1. The molecular weight excluding hydrogens is 274 g/mol. The van der Waals surface area contributed by atoms with Crippen molar-refractivity contribution in [2.24, 2.45) is 11.7 Å². The van der Waals surface area contributed by atoms with Gasteiger partial charge in [-0.15, -0.1) is 0 Å². The summed E-state index contributed by atoms with van der Waals surface area (Å²) >= 11 is 0. The predicted molar refractivity (Wildman–Crippen MR) is 90.7 cm³/mol. The van der Waals surface area contributed by atoms with Crippen LogP contribution in [0.25, 0.3) is 0 Å². The molecule has 122 valence electrons. The highest BCUT2D eigenvalue weighted by atomic mass is 16.1. The van der Waals surface area contributed by atoms with Gasteiger partial charge in [0.15, 0.2) is 0 Å². The normalized spacial score (nSPS) is 18.4. The number of nitrogens with one attached hydrogen (secondary N) is 1. The third-order valence-electron chi connectivity index (χ3n) is 4.62. The van der Waals surface area contributed by atoms with E-state index in [1.54, 1.807) is 0 Å². The fourth-order valence-electron chi connectivity index (χ4n) is 2.87. The molecule has 4 heteroatoms. The number of piperidine rings is 1. The van der Waals surface area contributed by atoms with Crippen LogP contribution >= 0.6 is 0 Å². The van der Waals surface area contributed by atoms with Crippen LogP contribution in [0.15, 0.2) is 24.3 Å². The Labute approximate surface area is 134 Å². The van der Waals surface area contributed by atoms with E-state index in [0.717, 1.165) is 31.5 Å². The molecule has 0 bridgehead atoms. The molecular formula is C18H29N3O. The second-order valence-corrected chi connectivity index (χ2v) is 6.75. The summed E-state index contributed by atoms with van der Waals surface area (Å²) in [4.78, 5) is 14.5. The molecule has 0 radical (unpaired) electrons. The molecule has 3 N–H and O–H groups in total. The maximum absolute atomic E-state index is 12.2. The van der Waals surface area contributed by atoms with Crippen LogP contribution in [-0.4, -0.2) is 37.5 Å². The van der Waals surface area contributed by atoms with E-state index in [0.29, 0.717) is 12.5 Å². The summed E-state index contributed by atoms with van der Waals surface area (Å²) < 4.78 is 0. The van der Waals surface area contributed by atoms with Crippen molar-refractivity contribution in [3.05, 3.63) is 35.4 Å². The first-order valence-corrected chi connectivity index (χ1v) is 8.29. The summed E-state index contributed by atoms with van der Waals surface area (Å²) in [5.74, 6) is 0.823. The summed E-state index contributed by atoms with van der Waals surface area (Å²) in [6.07, 6.45) is 1.89. The monoisotopic (exact) mass is 303 g/mol. The SMILES string of the molecule is CC(C)c1ccc(C(N)CNC(=O)C2CCN(C)CC2)cc1. The van der Waals surface area contributed by atoms with E-state index >= 15 is 0 Å². The Bertz CT molecular complexity index is 476. The van der Waals surface area contributed by atoms with Gasteiger partial charge in [-0.1, -0.05) is 38.1 Å². The van der Waals surface area contributed by atoms with Gasteiger partial charge in [0.05, 0.1) is 0 Å². The molecule has 2 rings (SSSR count). The van der Waals surface area contributed by atoms with E-state index in [4.69, 9.17) is 5.73 Å². The van der Waals surface area contributed by atoms with E-state index < -0.39 is 0 Å². The lowest BCUT2D eigenvalue weighted by molar-refractivity contribution is -0.126. The van der Waals surface area contributed by atoms with Crippen molar-refractivity contribution in [3.8, 4) is 0 Å². The highest BCUT2D eigenvalue weighted by molar-refractivity contribution is 5.78. The first kappa shape index (κ1) is 17.0. The van der Waals surface area contributed by atoms with Crippen molar-refractivity contribution in [1.82, 2.24) is 10.2 Å². The van der Waals surface area contributed by atoms with Gasteiger partial charge in [0.25, 0.3) is 0 Å². The summed E-state index contributed by atoms with van der Waals surface area (Å²) in [5, 5.41) is 3.02. The Kier molecular flexibility index (Phi) is 5.98. The van der Waals surface area contributed by atoms with Crippen LogP contribution in [0, 0.1) is 5.92 Å². The number of carbonyl (C=O) groups excluding carboxylic acids is 1. The minimum absolute atomic E-state index is 0.142. The smallest absolute Gasteiger partial charge is 0.223 e. The summed E-state index contributed by atoms with van der Waals surface area (Å²) in [5.41, 5.74) is 8.59. The molecule has 0 aliphatic carbocycles. The number of benzene rings is 1. The van der Waals surface area contributed by atoms with Gasteiger partial charge >= 0.3 is 0 Å². The van der Waals surface area contributed by atoms with E-state index in [1.165, 1.54) is 5.56 Å². The van der Waals surface area contributed by atoms with Crippen molar-refractivity contribution in [3.63, 3.8) is 0 Å². The number of carbonyl (C=O) groups is 1. The van der Waals surface area contributed by atoms with Crippen LogP contribution in [0.3, 0.4) is 0 Å². The molecule has 0 aromatic heterocycles. The second-order valence-electron chi connectivity index (χ2n) is 6.75. The molecule has 1 aromatic carbocycles. The molecule has 4 nitrogen and oxygen atoms in total. The van der Waals surface area contributed by atoms with Gasteiger partial charge in [0.2, 0.25) is 5.91 Å². The van der Waals surface area contributed by atoms with Gasteiger partial charge in [0.1, 0.15) is 0 Å². The van der Waals surface area contributed by atoms with Crippen molar-refractivity contribution in [2.45, 2.75) is 38.6 Å². The molecule has 1 aromatic rings. The zero-order valence-corrected chi connectivity index (χ0v) is 14.0. The fourth-order valence-corrected chi connectivity index (χ4v) is 2.87. The van der Waals surface area contributed by atoms with Crippen molar-refractivity contribution >= 4 is 5.91 Å². The van der Waals surface area contributed by atoms with E-state index in [-0.39, 0.29) is 17.9 Å². The quantitative estimate of drug-likeness (QED) is 0.877. The van der Waals surface area contributed by atoms with Crippen molar-refractivity contribution < 1.29 is 4.79 Å². The molecule has 22 heavy (non-hydrogen) atoms. The number of rotatable bonds is 5. The molecule has 1 fully saturated rings. The number of hydrogen-bond acceptors (Lipinski definition) is 3. The van der Waals surface area contributed by atoms with Gasteiger partial charge in [-0.3, -0.25) is 4.79 Å². The Morgan fingerprint density at radius 3 is 2.32 bits per heavy atom. The summed E-state index contributed by atoms with van der Waals surface area (Å²) in [7, 11) is 2.10. The molecule has 1 aliphatic heterocycles. The van der Waals surface area contributed by atoms with Gasteiger partial charge in [0, 0.05) is 18.5 Å². The molecule has 1 heterocycles. The molecule has 1 saturated heterocycles. The zero-order chi connectivity index (χ0) is 16.1. The van der Waals surface area contributed by atoms with Crippen LogP contribution in [0.4, 0.5) is 0 Å². The number of hydrogen-bond donors (Lipinski definition) is 2. The highest BCUT2D eigenvalue weighted by Crippen LogP contribution is 2.18. The van der Waals surface area contributed by atoms with Crippen LogP contribution in [0.5, 0.6) is 0 Å². The third-order valence-corrected chi connectivity index (χ3v) is 4.62. The summed E-state index contributed by atoms with van der Waals surface area (Å²) in [6, 6.07) is 8.25. The number of nitrogens with two attached hydrogens (primary N) is 1. The third kappa shape index (κ3) is 4.55. The lowest BCUT2D eigenvalue weighted by Gasteiger charge is -2.28. The Hall–Kier alpha value is -1.39. The summed E-state index contributed by atoms with van der Waals surface area (Å²) in [6.45, 7) is 6.86. The largest absolute Gasteiger partial charge is 0.354 e. The Morgan fingerprint density at radius 1 is 1.23 bits per heavy atom. The van der Waals surface area contributed by atoms with Gasteiger partial charge in [-0.2, -0.15) is 0 Å².